The zero-order valence-electron chi connectivity index (χ0n) is 10.3. The molecular formula is C12H19N3OS. The topological polar surface area (TPSA) is 59.2 Å². The van der Waals surface area contributed by atoms with Gasteiger partial charge in [0.2, 0.25) is 5.91 Å². The fourth-order valence-electron chi connectivity index (χ4n) is 2.34. The van der Waals surface area contributed by atoms with Gasteiger partial charge in [-0.05, 0) is 26.2 Å². The van der Waals surface area contributed by atoms with E-state index >= 15 is 0 Å². The molecule has 2 unspecified atom stereocenters. The highest BCUT2D eigenvalue weighted by Gasteiger charge is 2.29. The van der Waals surface area contributed by atoms with E-state index in [0.717, 1.165) is 29.1 Å². The molecular weight excluding hydrogens is 234 g/mol. The van der Waals surface area contributed by atoms with Crippen molar-refractivity contribution in [2.45, 2.75) is 38.8 Å². The maximum atomic E-state index is 12.2. The molecule has 4 nitrogen and oxygen atoms in total. The molecule has 2 rings (SSSR count). The van der Waals surface area contributed by atoms with Crippen LogP contribution < -0.4 is 5.73 Å². The van der Waals surface area contributed by atoms with Gasteiger partial charge in [0.25, 0.3) is 0 Å². The fourth-order valence-corrected chi connectivity index (χ4v) is 3.19. The van der Waals surface area contributed by atoms with Crippen molar-refractivity contribution in [1.29, 1.82) is 0 Å². The summed E-state index contributed by atoms with van der Waals surface area (Å²) in [6.45, 7) is 2.64. The van der Waals surface area contributed by atoms with Crippen LogP contribution in [-0.4, -0.2) is 28.9 Å². The quantitative estimate of drug-likeness (QED) is 0.889. The lowest BCUT2D eigenvalue weighted by Gasteiger charge is -2.20. The summed E-state index contributed by atoms with van der Waals surface area (Å²) in [6, 6.07) is 0.211. The second kappa shape index (κ2) is 5.14. The summed E-state index contributed by atoms with van der Waals surface area (Å²) >= 11 is 1.65. The molecule has 0 radical (unpaired) electrons. The van der Waals surface area contributed by atoms with Crippen LogP contribution in [-0.2, 0) is 11.3 Å². The molecule has 0 spiro atoms. The Morgan fingerprint density at radius 2 is 2.41 bits per heavy atom. The van der Waals surface area contributed by atoms with E-state index in [1.54, 1.807) is 16.2 Å². The highest BCUT2D eigenvalue weighted by Crippen LogP contribution is 2.26. The Morgan fingerprint density at radius 1 is 1.65 bits per heavy atom. The second-order valence-corrected chi connectivity index (χ2v) is 6.13. The Labute approximate surface area is 106 Å². The molecule has 1 fully saturated rings. The van der Waals surface area contributed by atoms with Gasteiger partial charge in [-0.2, -0.15) is 0 Å². The lowest BCUT2D eigenvalue weighted by molar-refractivity contribution is -0.134. The maximum Gasteiger partial charge on any atom is 0.225 e. The van der Waals surface area contributed by atoms with Crippen molar-refractivity contribution in [3.63, 3.8) is 0 Å². The minimum absolute atomic E-state index is 0.129. The molecule has 1 amide bonds. The van der Waals surface area contributed by atoms with Crippen molar-refractivity contribution < 1.29 is 4.79 Å². The standard InChI is InChI=1S/C12H19N3OS/c1-8-14-6-11(17-8)7-15(2)12(16)9-3-4-10(13)5-9/h6,9-10H,3-5,7,13H2,1-2H3. The van der Waals surface area contributed by atoms with Crippen LogP contribution in [0.4, 0.5) is 0 Å². The monoisotopic (exact) mass is 253 g/mol. The average molecular weight is 253 g/mol. The van der Waals surface area contributed by atoms with Gasteiger partial charge >= 0.3 is 0 Å². The molecule has 1 aliphatic rings. The van der Waals surface area contributed by atoms with Crippen molar-refractivity contribution in [2.24, 2.45) is 11.7 Å². The van der Waals surface area contributed by atoms with Gasteiger partial charge in [0.15, 0.2) is 0 Å². The van der Waals surface area contributed by atoms with E-state index in [1.807, 2.05) is 20.2 Å². The number of rotatable bonds is 3. The summed E-state index contributed by atoms with van der Waals surface area (Å²) in [5.74, 6) is 0.355. The van der Waals surface area contributed by atoms with Crippen LogP contribution in [0.1, 0.15) is 29.1 Å². The molecule has 1 aliphatic carbocycles. The molecule has 5 heteroatoms. The minimum Gasteiger partial charge on any atom is -0.340 e. The van der Waals surface area contributed by atoms with Crippen LogP contribution in [0.25, 0.3) is 0 Å². The van der Waals surface area contributed by atoms with Crippen LogP contribution in [0.15, 0.2) is 6.20 Å². The number of aromatic nitrogens is 1. The molecule has 0 aliphatic heterocycles. The first-order valence-electron chi connectivity index (χ1n) is 5.98. The molecule has 1 aromatic rings. The van der Waals surface area contributed by atoms with E-state index in [0.29, 0.717) is 6.54 Å². The smallest absolute Gasteiger partial charge is 0.225 e. The molecule has 1 aromatic heterocycles. The number of carbonyl (C=O) groups excluding carboxylic acids is 1. The molecule has 17 heavy (non-hydrogen) atoms. The van der Waals surface area contributed by atoms with Gasteiger partial charge in [-0.3, -0.25) is 4.79 Å². The first-order chi connectivity index (χ1) is 8.06. The van der Waals surface area contributed by atoms with E-state index in [9.17, 15) is 4.79 Å². The van der Waals surface area contributed by atoms with Gasteiger partial charge < -0.3 is 10.6 Å². The van der Waals surface area contributed by atoms with Crippen LogP contribution in [0.5, 0.6) is 0 Å². The molecule has 0 aromatic carbocycles. The summed E-state index contributed by atoms with van der Waals surface area (Å²) in [5.41, 5.74) is 5.84. The number of thiazole rings is 1. The van der Waals surface area contributed by atoms with Crippen molar-refractivity contribution >= 4 is 17.2 Å². The first-order valence-corrected chi connectivity index (χ1v) is 6.79. The summed E-state index contributed by atoms with van der Waals surface area (Å²) in [4.78, 5) is 19.3. The Bertz CT molecular complexity index is 404. The minimum atomic E-state index is 0.129. The van der Waals surface area contributed by atoms with Crippen molar-refractivity contribution in [2.75, 3.05) is 7.05 Å². The van der Waals surface area contributed by atoms with E-state index in [2.05, 4.69) is 4.98 Å². The Balaban J connectivity index is 1.91. The number of hydrogen-bond acceptors (Lipinski definition) is 4. The summed E-state index contributed by atoms with van der Waals surface area (Å²) in [6.07, 6.45) is 4.60. The predicted molar refractivity (Wildman–Crippen MR) is 68.6 cm³/mol. The first kappa shape index (κ1) is 12.5. The number of hydrogen-bond donors (Lipinski definition) is 1. The Morgan fingerprint density at radius 3 is 2.94 bits per heavy atom. The number of amides is 1. The zero-order chi connectivity index (χ0) is 12.4. The summed E-state index contributed by atoms with van der Waals surface area (Å²) < 4.78 is 0. The lowest BCUT2D eigenvalue weighted by atomic mass is 10.1. The highest BCUT2D eigenvalue weighted by molar-refractivity contribution is 7.11. The largest absolute Gasteiger partial charge is 0.340 e. The normalized spacial score (nSPS) is 23.9. The molecule has 0 saturated heterocycles. The molecule has 2 N–H and O–H groups in total. The summed E-state index contributed by atoms with van der Waals surface area (Å²) in [7, 11) is 1.86. The highest BCUT2D eigenvalue weighted by atomic mass is 32.1. The number of nitrogens with two attached hydrogens (primary N) is 1. The van der Waals surface area contributed by atoms with E-state index in [-0.39, 0.29) is 17.9 Å². The van der Waals surface area contributed by atoms with Crippen molar-refractivity contribution in [3.05, 3.63) is 16.1 Å². The molecule has 0 bridgehead atoms. The number of carbonyl (C=O) groups is 1. The van der Waals surface area contributed by atoms with E-state index < -0.39 is 0 Å². The molecule has 2 atom stereocenters. The van der Waals surface area contributed by atoms with Crippen molar-refractivity contribution in [3.8, 4) is 0 Å². The molecule has 1 heterocycles. The fraction of sp³-hybridized carbons (Fsp3) is 0.667. The molecule has 94 valence electrons. The predicted octanol–water partition coefficient (Wildman–Crippen LogP) is 1.54. The Hall–Kier alpha value is -0.940. The Kier molecular flexibility index (Phi) is 3.79. The zero-order valence-corrected chi connectivity index (χ0v) is 11.2. The van der Waals surface area contributed by atoms with Crippen LogP contribution in [0.3, 0.4) is 0 Å². The van der Waals surface area contributed by atoms with Gasteiger partial charge in [-0.1, -0.05) is 0 Å². The SMILES string of the molecule is Cc1ncc(CN(C)C(=O)C2CCC(N)C2)s1. The lowest BCUT2D eigenvalue weighted by Crippen LogP contribution is -2.32. The van der Waals surface area contributed by atoms with E-state index in [4.69, 9.17) is 5.73 Å². The third-order valence-corrected chi connectivity index (χ3v) is 4.16. The van der Waals surface area contributed by atoms with Crippen molar-refractivity contribution in [1.82, 2.24) is 9.88 Å². The van der Waals surface area contributed by atoms with Gasteiger partial charge in [0.05, 0.1) is 11.6 Å². The average Bonchev–Trinajstić information content (AvgIpc) is 2.87. The third kappa shape index (κ3) is 3.04. The maximum absolute atomic E-state index is 12.2. The third-order valence-electron chi connectivity index (χ3n) is 3.26. The molecule has 1 saturated carbocycles. The van der Waals surface area contributed by atoms with E-state index in [1.165, 1.54) is 0 Å². The van der Waals surface area contributed by atoms with Crippen LogP contribution in [0.2, 0.25) is 0 Å². The van der Waals surface area contributed by atoms with Gasteiger partial charge in [-0.15, -0.1) is 11.3 Å². The van der Waals surface area contributed by atoms with Gasteiger partial charge in [-0.25, -0.2) is 4.98 Å². The summed E-state index contributed by atoms with van der Waals surface area (Å²) in [5, 5.41) is 1.05. The second-order valence-electron chi connectivity index (χ2n) is 4.81. The number of aryl methyl sites for hydroxylation is 1. The van der Waals surface area contributed by atoms with Crippen LogP contribution >= 0.6 is 11.3 Å². The van der Waals surface area contributed by atoms with Gasteiger partial charge in [0, 0.05) is 30.1 Å². The van der Waals surface area contributed by atoms with Crippen LogP contribution in [0, 0.1) is 12.8 Å². The van der Waals surface area contributed by atoms with Gasteiger partial charge in [0.1, 0.15) is 0 Å². The number of nitrogens with zero attached hydrogens (tertiary/aromatic N) is 2.